The molecule has 0 aliphatic rings. The van der Waals surface area contributed by atoms with E-state index in [2.05, 4.69) is 30.7 Å². The van der Waals surface area contributed by atoms with Gasteiger partial charge in [0.2, 0.25) is 0 Å². The van der Waals surface area contributed by atoms with Crippen molar-refractivity contribution in [1.29, 1.82) is 0 Å². The van der Waals surface area contributed by atoms with Crippen LogP contribution in [0.2, 0.25) is 0 Å². The smallest absolute Gasteiger partial charge is 0.132 e. The predicted octanol–water partition coefficient (Wildman–Crippen LogP) is 3.19. The third-order valence-corrected chi connectivity index (χ3v) is 3.27. The highest BCUT2D eigenvalue weighted by atomic mass is 14.9. The molecule has 1 heterocycles. The number of pyridine rings is 1. The van der Waals surface area contributed by atoms with E-state index >= 15 is 0 Å². The fourth-order valence-electron chi connectivity index (χ4n) is 2.30. The van der Waals surface area contributed by atoms with Crippen LogP contribution < -0.4 is 16.8 Å². The standard InChI is InChI=1S/C17H22N4/c1-10(2)21-12(4)16-8-13(9-20-17(16)19)15-6-5-14(18)7-11(15)3/h5-10,21H,4,18H2,1-3H3,(H2,19,20). The first-order valence-corrected chi connectivity index (χ1v) is 6.96. The van der Waals surface area contributed by atoms with E-state index < -0.39 is 0 Å². The van der Waals surface area contributed by atoms with E-state index in [0.717, 1.165) is 33.6 Å². The lowest BCUT2D eigenvalue weighted by molar-refractivity contribution is 0.718. The summed E-state index contributed by atoms with van der Waals surface area (Å²) in [6.45, 7) is 10.2. The molecule has 0 spiro atoms. The van der Waals surface area contributed by atoms with Gasteiger partial charge in [0.05, 0.1) is 0 Å². The molecule has 21 heavy (non-hydrogen) atoms. The quantitative estimate of drug-likeness (QED) is 0.753. The number of hydrogen-bond acceptors (Lipinski definition) is 4. The summed E-state index contributed by atoms with van der Waals surface area (Å²) in [4.78, 5) is 4.29. The molecule has 0 saturated carbocycles. The van der Waals surface area contributed by atoms with Crippen molar-refractivity contribution >= 4 is 17.2 Å². The number of benzene rings is 1. The Labute approximate surface area is 125 Å². The van der Waals surface area contributed by atoms with Crippen LogP contribution in [0.5, 0.6) is 0 Å². The van der Waals surface area contributed by atoms with Crippen LogP contribution >= 0.6 is 0 Å². The van der Waals surface area contributed by atoms with Gasteiger partial charge >= 0.3 is 0 Å². The van der Waals surface area contributed by atoms with Gasteiger partial charge in [-0.25, -0.2) is 4.98 Å². The van der Waals surface area contributed by atoms with Gasteiger partial charge in [0.1, 0.15) is 5.82 Å². The van der Waals surface area contributed by atoms with Gasteiger partial charge in [0, 0.05) is 34.8 Å². The van der Waals surface area contributed by atoms with E-state index in [1.165, 1.54) is 0 Å². The molecular weight excluding hydrogens is 260 g/mol. The number of rotatable bonds is 4. The molecule has 2 rings (SSSR count). The summed E-state index contributed by atoms with van der Waals surface area (Å²) in [5, 5.41) is 3.27. The Morgan fingerprint density at radius 2 is 1.95 bits per heavy atom. The van der Waals surface area contributed by atoms with Crippen molar-refractivity contribution < 1.29 is 0 Å². The van der Waals surface area contributed by atoms with Crippen LogP contribution in [0.1, 0.15) is 25.0 Å². The van der Waals surface area contributed by atoms with Gasteiger partial charge < -0.3 is 16.8 Å². The molecule has 0 atom stereocenters. The molecule has 0 amide bonds. The van der Waals surface area contributed by atoms with Gasteiger partial charge in [-0.2, -0.15) is 0 Å². The summed E-state index contributed by atoms with van der Waals surface area (Å²) in [5.74, 6) is 0.477. The van der Waals surface area contributed by atoms with Crippen molar-refractivity contribution in [3.05, 3.63) is 48.2 Å². The van der Waals surface area contributed by atoms with Crippen LogP contribution in [-0.4, -0.2) is 11.0 Å². The van der Waals surface area contributed by atoms with Crippen molar-refractivity contribution in [2.75, 3.05) is 11.5 Å². The van der Waals surface area contributed by atoms with Crippen LogP contribution in [0.4, 0.5) is 11.5 Å². The Balaban J connectivity index is 2.45. The number of nitrogens with one attached hydrogen (secondary N) is 1. The minimum absolute atomic E-state index is 0.291. The summed E-state index contributed by atoms with van der Waals surface area (Å²) >= 11 is 0. The first-order valence-electron chi connectivity index (χ1n) is 6.96. The largest absolute Gasteiger partial charge is 0.399 e. The number of nitrogen functional groups attached to an aromatic ring is 2. The molecule has 5 N–H and O–H groups in total. The molecule has 4 nitrogen and oxygen atoms in total. The minimum Gasteiger partial charge on any atom is -0.399 e. The van der Waals surface area contributed by atoms with E-state index in [-0.39, 0.29) is 0 Å². The van der Waals surface area contributed by atoms with E-state index in [0.29, 0.717) is 11.9 Å². The molecule has 1 aromatic carbocycles. The molecule has 0 radical (unpaired) electrons. The van der Waals surface area contributed by atoms with Crippen molar-refractivity contribution in [3.8, 4) is 11.1 Å². The van der Waals surface area contributed by atoms with Crippen molar-refractivity contribution in [2.45, 2.75) is 26.8 Å². The third kappa shape index (κ3) is 3.34. The van der Waals surface area contributed by atoms with Crippen LogP contribution in [0.25, 0.3) is 16.8 Å². The first-order chi connectivity index (χ1) is 9.88. The second-order valence-corrected chi connectivity index (χ2v) is 5.51. The van der Waals surface area contributed by atoms with Crippen molar-refractivity contribution in [2.24, 2.45) is 0 Å². The number of aryl methyl sites for hydroxylation is 1. The second-order valence-electron chi connectivity index (χ2n) is 5.51. The zero-order valence-corrected chi connectivity index (χ0v) is 12.8. The SMILES string of the molecule is C=C(NC(C)C)c1cc(-c2ccc(N)cc2C)cnc1N. The van der Waals surface area contributed by atoms with Crippen LogP contribution in [0.3, 0.4) is 0 Å². The predicted molar refractivity (Wildman–Crippen MR) is 90.5 cm³/mol. The minimum atomic E-state index is 0.291. The van der Waals surface area contributed by atoms with E-state index in [9.17, 15) is 0 Å². The Bertz CT molecular complexity index is 674. The highest BCUT2D eigenvalue weighted by molar-refractivity contribution is 5.77. The zero-order valence-electron chi connectivity index (χ0n) is 12.8. The molecular formula is C17H22N4. The highest BCUT2D eigenvalue weighted by Crippen LogP contribution is 2.28. The van der Waals surface area contributed by atoms with Crippen LogP contribution in [0.15, 0.2) is 37.0 Å². The number of hydrogen-bond donors (Lipinski definition) is 3. The van der Waals surface area contributed by atoms with E-state index in [1.807, 2.05) is 31.2 Å². The summed E-state index contributed by atoms with van der Waals surface area (Å²) in [6.07, 6.45) is 1.78. The van der Waals surface area contributed by atoms with Crippen LogP contribution in [-0.2, 0) is 0 Å². The first kappa shape index (κ1) is 14.9. The monoisotopic (exact) mass is 282 g/mol. The third-order valence-electron chi connectivity index (χ3n) is 3.27. The zero-order chi connectivity index (χ0) is 15.6. The Morgan fingerprint density at radius 1 is 1.24 bits per heavy atom. The Kier molecular flexibility index (Phi) is 4.17. The Morgan fingerprint density at radius 3 is 2.57 bits per heavy atom. The molecule has 0 aliphatic heterocycles. The average molecular weight is 282 g/mol. The lowest BCUT2D eigenvalue weighted by Gasteiger charge is -2.16. The Hall–Kier alpha value is -2.49. The van der Waals surface area contributed by atoms with E-state index in [4.69, 9.17) is 11.5 Å². The number of aromatic nitrogens is 1. The molecule has 110 valence electrons. The van der Waals surface area contributed by atoms with Gasteiger partial charge in [-0.1, -0.05) is 12.6 Å². The summed E-state index contributed by atoms with van der Waals surface area (Å²) in [6, 6.07) is 8.14. The molecule has 0 unspecified atom stereocenters. The normalized spacial score (nSPS) is 10.7. The number of anilines is 2. The topological polar surface area (TPSA) is 77.0 Å². The molecule has 1 aromatic heterocycles. The van der Waals surface area contributed by atoms with Gasteiger partial charge in [-0.05, 0) is 50.1 Å². The molecule has 0 bridgehead atoms. The maximum atomic E-state index is 5.97. The molecule has 0 aliphatic carbocycles. The van der Waals surface area contributed by atoms with Crippen molar-refractivity contribution in [1.82, 2.24) is 10.3 Å². The summed E-state index contributed by atoms with van der Waals surface area (Å²) in [7, 11) is 0. The molecule has 0 saturated heterocycles. The molecule has 0 fully saturated rings. The molecule has 2 aromatic rings. The van der Waals surface area contributed by atoms with Gasteiger partial charge in [0.15, 0.2) is 0 Å². The second kappa shape index (κ2) is 5.87. The fourth-order valence-corrected chi connectivity index (χ4v) is 2.30. The number of nitrogens with two attached hydrogens (primary N) is 2. The van der Waals surface area contributed by atoms with Crippen molar-refractivity contribution in [3.63, 3.8) is 0 Å². The van der Waals surface area contributed by atoms with Crippen LogP contribution in [0, 0.1) is 6.92 Å². The lowest BCUT2D eigenvalue weighted by Crippen LogP contribution is -2.21. The fraction of sp³-hybridized carbons (Fsp3) is 0.235. The maximum Gasteiger partial charge on any atom is 0.132 e. The summed E-state index contributed by atoms with van der Waals surface area (Å²) < 4.78 is 0. The lowest BCUT2D eigenvalue weighted by atomic mass is 9.99. The van der Waals surface area contributed by atoms with Gasteiger partial charge in [-0.3, -0.25) is 0 Å². The maximum absolute atomic E-state index is 5.97. The molecule has 4 heteroatoms. The van der Waals surface area contributed by atoms with Gasteiger partial charge in [0.25, 0.3) is 0 Å². The highest BCUT2D eigenvalue weighted by Gasteiger charge is 2.10. The average Bonchev–Trinajstić information content (AvgIpc) is 2.39. The summed E-state index contributed by atoms with van der Waals surface area (Å²) in [5.41, 5.74) is 17.3. The van der Waals surface area contributed by atoms with E-state index in [1.54, 1.807) is 6.20 Å². The number of nitrogens with zero attached hydrogens (tertiary/aromatic N) is 1. The van der Waals surface area contributed by atoms with Gasteiger partial charge in [-0.15, -0.1) is 0 Å².